The van der Waals surface area contributed by atoms with Crippen molar-refractivity contribution >= 4 is 60.8 Å². The molecule has 0 radical (unpaired) electrons. The van der Waals surface area contributed by atoms with Gasteiger partial charge in [0.05, 0.1) is 23.1 Å². The van der Waals surface area contributed by atoms with Gasteiger partial charge >= 0.3 is 0 Å². The first-order valence-corrected chi connectivity index (χ1v) is 12.2. The van der Waals surface area contributed by atoms with Crippen LogP contribution in [0.4, 0.5) is 4.79 Å². The normalized spacial score (nSPS) is 14.6. The number of thioether (sulfide) groups is 1. The second-order valence-corrected chi connectivity index (χ2v) is 9.96. The van der Waals surface area contributed by atoms with E-state index >= 15 is 0 Å². The van der Waals surface area contributed by atoms with Crippen LogP contribution in [0.3, 0.4) is 0 Å². The van der Waals surface area contributed by atoms with Crippen LogP contribution in [0.1, 0.15) is 22.3 Å². The first-order valence-electron chi connectivity index (χ1n) is 9.85. The van der Waals surface area contributed by atoms with Crippen LogP contribution in [0.5, 0.6) is 5.75 Å². The average Bonchev–Trinajstić information content (AvgIpc) is 3.07. The Morgan fingerprint density at radius 1 is 1.00 bits per heavy atom. The molecule has 4 rings (SSSR count). The summed E-state index contributed by atoms with van der Waals surface area (Å²) in [6.45, 7) is 0.416. The summed E-state index contributed by atoms with van der Waals surface area (Å²) in [5.41, 5.74) is 2.84. The molecule has 0 aliphatic carbocycles. The minimum atomic E-state index is -0.339. The number of carbonyl (C=O) groups excluding carboxylic acids is 2. The van der Waals surface area contributed by atoms with Crippen LogP contribution in [0, 0.1) is 11.3 Å². The van der Waals surface area contributed by atoms with E-state index in [1.54, 1.807) is 24.3 Å². The monoisotopic (exact) mass is 582 g/mol. The SMILES string of the molecule is N#Cc1ccccc1COc1ccc(Br)cc1/C=C1\SC(=O)N(Cc2ccc(Br)cc2)C1=O. The van der Waals surface area contributed by atoms with E-state index in [0.29, 0.717) is 21.8 Å². The lowest BCUT2D eigenvalue weighted by molar-refractivity contribution is -0.123. The maximum absolute atomic E-state index is 13.0. The lowest BCUT2D eigenvalue weighted by Gasteiger charge is -2.13. The molecule has 0 bridgehead atoms. The number of rotatable bonds is 6. The van der Waals surface area contributed by atoms with Crippen molar-refractivity contribution in [2.75, 3.05) is 0 Å². The molecule has 0 atom stereocenters. The van der Waals surface area contributed by atoms with Crippen LogP contribution in [0.15, 0.2) is 80.6 Å². The molecule has 3 aromatic carbocycles. The molecule has 1 aliphatic heterocycles. The highest BCUT2D eigenvalue weighted by molar-refractivity contribution is 9.10. The van der Waals surface area contributed by atoms with E-state index in [1.807, 2.05) is 48.5 Å². The Balaban J connectivity index is 1.56. The molecule has 0 aromatic heterocycles. The fourth-order valence-electron chi connectivity index (χ4n) is 3.22. The summed E-state index contributed by atoms with van der Waals surface area (Å²) < 4.78 is 7.73. The lowest BCUT2D eigenvalue weighted by atomic mass is 10.1. The van der Waals surface area contributed by atoms with Crippen molar-refractivity contribution in [3.63, 3.8) is 0 Å². The number of carbonyl (C=O) groups is 2. The van der Waals surface area contributed by atoms with Crippen LogP contribution in [-0.4, -0.2) is 16.0 Å². The molecular weight excluding hydrogens is 568 g/mol. The van der Waals surface area contributed by atoms with E-state index in [2.05, 4.69) is 37.9 Å². The maximum atomic E-state index is 13.0. The van der Waals surface area contributed by atoms with Gasteiger partial charge in [0.2, 0.25) is 0 Å². The van der Waals surface area contributed by atoms with Crippen molar-refractivity contribution in [1.82, 2.24) is 4.90 Å². The molecule has 0 N–H and O–H groups in total. The Bertz CT molecular complexity index is 1300. The van der Waals surface area contributed by atoms with Crippen LogP contribution in [-0.2, 0) is 17.9 Å². The van der Waals surface area contributed by atoms with Crippen LogP contribution in [0.2, 0.25) is 0 Å². The number of halogens is 2. The number of benzene rings is 3. The van der Waals surface area contributed by atoms with Crippen molar-refractivity contribution in [2.45, 2.75) is 13.2 Å². The third-order valence-corrected chi connectivity index (χ3v) is 6.84. The zero-order chi connectivity index (χ0) is 23.4. The molecule has 0 saturated carbocycles. The molecule has 0 spiro atoms. The Morgan fingerprint density at radius 2 is 1.73 bits per heavy atom. The summed E-state index contributed by atoms with van der Waals surface area (Å²) in [6, 6.07) is 22.3. The van der Waals surface area contributed by atoms with E-state index in [0.717, 1.165) is 31.8 Å². The predicted molar refractivity (Wildman–Crippen MR) is 135 cm³/mol. The highest BCUT2D eigenvalue weighted by Crippen LogP contribution is 2.36. The van der Waals surface area contributed by atoms with Gasteiger partial charge in [-0.2, -0.15) is 5.26 Å². The molecule has 1 fully saturated rings. The third kappa shape index (κ3) is 5.56. The van der Waals surface area contributed by atoms with Gasteiger partial charge in [-0.05, 0) is 59.8 Å². The molecular formula is C25H16Br2N2O3S. The largest absolute Gasteiger partial charge is 0.488 e. The summed E-state index contributed by atoms with van der Waals surface area (Å²) >= 11 is 7.75. The van der Waals surface area contributed by atoms with Gasteiger partial charge in [-0.25, -0.2) is 0 Å². The second-order valence-electron chi connectivity index (χ2n) is 7.13. The number of nitrogens with zero attached hydrogens (tertiary/aromatic N) is 2. The minimum absolute atomic E-state index is 0.206. The number of imide groups is 1. The van der Waals surface area contributed by atoms with Gasteiger partial charge in [-0.1, -0.05) is 62.2 Å². The summed E-state index contributed by atoms with van der Waals surface area (Å²) in [7, 11) is 0. The fraction of sp³-hybridized carbons (Fsp3) is 0.0800. The van der Waals surface area contributed by atoms with Gasteiger partial charge in [0.1, 0.15) is 12.4 Å². The molecule has 2 amide bonds. The first kappa shape index (κ1) is 23.3. The Hall–Kier alpha value is -2.86. The van der Waals surface area contributed by atoms with Gasteiger partial charge in [0, 0.05) is 20.1 Å². The Labute approximate surface area is 212 Å². The van der Waals surface area contributed by atoms with Crippen molar-refractivity contribution < 1.29 is 14.3 Å². The molecule has 1 saturated heterocycles. The number of hydrogen-bond acceptors (Lipinski definition) is 5. The number of hydrogen-bond donors (Lipinski definition) is 0. The Morgan fingerprint density at radius 3 is 2.48 bits per heavy atom. The summed E-state index contributed by atoms with van der Waals surface area (Å²) in [5, 5.41) is 8.98. The minimum Gasteiger partial charge on any atom is -0.488 e. The molecule has 33 heavy (non-hydrogen) atoms. The lowest BCUT2D eigenvalue weighted by Crippen LogP contribution is -2.27. The molecule has 164 valence electrons. The average molecular weight is 584 g/mol. The van der Waals surface area contributed by atoms with E-state index < -0.39 is 0 Å². The third-order valence-electron chi connectivity index (χ3n) is 4.91. The number of amides is 2. The van der Waals surface area contributed by atoms with Crippen molar-refractivity contribution in [3.8, 4) is 11.8 Å². The summed E-state index contributed by atoms with van der Waals surface area (Å²) in [5.74, 6) is 0.208. The molecule has 8 heteroatoms. The van der Waals surface area contributed by atoms with Crippen LogP contribution >= 0.6 is 43.6 Å². The molecule has 0 unspecified atom stereocenters. The van der Waals surface area contributed by atoms with Crippen molar-refractivity contribution in [1.29, 1.82) is 5.26 Å². The van der Waals surface area contributed by atoms with Gasteiger partial charge < -0.3 is 4.74 Å². The first-order chi connectivity index (χ1) is 15.9. The predicted octanol–water partition coefficient (Wildman–Crippen LogP) is 6.90. The van der Waals surface area contributed by atoms with Gasteiger partial charge in [0.15, 0.2) is 0 Å². The molecule has 1 heterocycles. The molecule has 3 aromatic rings. The van der Waals surface area contributed by atoms with E-state index in [1.165, 1.54) is 4.90 Å². The number of ether oxygens (including phenoxy) is 1. The second kappa shape index (κ2) is 10.4. The zero-order valence-electron chi connectivity index (χ0n) is 17.1. The topological polar surface area (TPSA) is 70.4 Å². The van der Waals surface area contributed by atoms with Crippen LogP contribution < -0.4 is 4.74 Å². The van der Waals surface area contributed by atoms with Gasteiger partial charge in [-0.15, -0.1) is 0 Å². The fourth-order valence-corrected chi connectivity index (χ4v) is 4.70. The van der Waals surface area contributed by atoms with Crippen molar-refractivity contribution in [2.24, 2.45) is 0 Å². The quantitative estimate of drug-likeness (QED) is 0.295. The maximum Gasteiger partial charge on any atom is 0.293 e. The van der Waals surface area contributed by atoms with Crippen LogP contribution in [0.25, 0.3) is 6.08 Å². The van der Waals surface area contributed by atoms with Crippen molar-refractivity contribution in [3.05, 3.63) is 103 Å². The summed E-state index contributed by atoms with van der Waals surface area (Å²) in [4.78, 5) is 27.1. The smallest absolute Gasteiger partial charge is 0.293 e. The standard InChI is InChI=1S/C25H16Br2N2O3S/c26-20-7-5-16(6-8-20)14-29-24(30)23(33-25(29)31)12-19-11-21(27)9-10-22(19)32-15-18-4-2-1-3-17(18)13-28/h1-12H,14-15H2/b23-12-. The Kier molecular flexibility index (Phi) is 7.33. The highest BCUT2D eigenvalue weighted by Gasteiger charge is 2.35. The van der Waals surface area contributed by atoms with Gasteiger partial charge in [0.25, 0.3) is 11.1 Å². The van der Waals surface area contributed by atoms with E-state index in [4.69, 9.17) is 4.74 Å². The highest BCUT2D eigenvalue weighted by atomic mass is 79.9. The van der Waals surface area contributed by atoms with Gasteiger partial charge in [-0.3, -0.25) is 14.5 Å². The number of nitriles is 1. The molecule has 1 aliphatic rings. The van der Waals surface area contributed by atoms with E-state index in [9.17, 15) is 14.9 Å². The summed E-state index contributed by atoms with van der Waals surface area (Å²) in [6.07, 6.45) is 1.67. The van der Waals surface area contributed by atoms with E-state index in [-0.39, 0.29) is 24.3 Å². The zero-order valence-corrected chi connectivity index (χ0v) is 21.1. The molecule has 5 nitrogen and oxygen atoms in total.